The third-order valence-electron chi connectivity index (χ3n) is 3.54. The molecule has 1 N–H and O–H groups in total. The molecule has 1 heterocycles. The van der Waals surface area contributed by atoms with Crippen LogP contribution in [0.25, 0.3) is 0 Å². The van der Waals surface area contributed by atoms with Gasteiger partial charge in [-0.15, -0.1) is 11.8 Å². The molecule has 0 saturated heterocycles. The molecule has 0 bridgehead atoms. The Labute approximate surface area is 122 Å². The predicted molar refractivity (Wildman–Crippen MR) is 79.2 cm³/mol. The molecule has 0 fully saturated rings. The van der Waals surface area contributed by atoms with E-state index >= 15 is 0 Å². The number of nitrogens with zero attached hydrogens (tertiary/aromatic N) is 1. The SMILES string of the molecule is O=C(O)c1cccnc1SCc1ccc2c(c1)CCC2. The van der Waals surface area contributed by atoms with Gasteiger partial charge in [0.05, 0.1) is 5.56 Å². The summed E-state index contributed by atoms with van der Waals surface area (Å²) in [5, 5.41) is 9.72. The summed E-state index contributed by atoms with van der Waals surface area (Å²) in [6, 6.07) is 9.84. The molecule has 0 saturated carbocycles. The van der Waals surface area contributed by atoms with E-state index in [1.54, 1.807) is 18.3 Å². The fourth-order valence-corrected chi connectivity index (χ4v) is 3.46. The Balaban J connectivity index is 1.75. The summed E-state index contributed by atoms with van der Waals surface area (Å²) in [6.45, 7) is 0. The molecule has 4 heteroatoms. The summed E-state index contributed by atoms with van der Waals surface area (Å²) in [5.74, 6) is -0.167. The van der Waals surface area contributed by atoms with E-state index in [1.165, 1.54) is 41.3 Å². The van der Waals surface area contributed by atoms with Gasteiger partial charge in [-0.25, -0.2) is 9.78 Å². The minimum absolute atomic E-state index is 0.277. The molecule has 20 heavy (non-hydrogen) atoms. The van der Waals surface area contributed by atoms with Crippen LogP contribution in [0.1, 0.15) is 33.5 Å². The van der Waals surface area contributed by atoms with E-state index in [2.05, 4.69) is 23.2 Å². The molecule has 0 radical (unpaired) electrons. The highest BCUT2D eigenvalue weighted by molar-refractivity contribution is 7.98. The van der Waals surface area contributed by atoms with Crippen molar-refractivity contribution in [3.05, 3.63) is 58.8 Å². The minimum Gasteiger partial charge on any atom is -0.478 e. The Kier molecular flexibility index (Phi) is 3.74. The number of carboxylic acid groups (broad SMARTS) is 1. The number of fused-ring (bicyclic) bond motifs is 1. The van der Waals surface area contributed by atoms with Gasteiger partial charge in [0.15, 0.2) is 0 Å². The number of carboxylic acids is 1. The summed E-state index contributed by atoms with van der Waals surface area (Å²) in [5.41, 5.74) is 4.42. The maximum Gasteiger partial charge on any atom is 0.338 e. The zero-order valence-electron chi connectivity index (χ0n) is 11.0. The molecule has 3 nitrogen and oxygen atoms in total. The fraction of sp³-hybridized carbons (Fsp3) is 0.250. The van der Waals surface area contributed by atoms with Crippen LogP contribution in [0.2, 0.25) is 0 Å². The van der Waals surface area contributed by atoms with Crippen molar-refractivity contribution in [2.24, 2.45) is 0 Å². The van der Waals surface area contributed by atoms with Crippen LogP contribution in [-0.2, 0) is 18.6 Å². The zero-order valence-corrected chi connectivity index (χ0v) is 11.8. The van der Waals surface area contributed by atoms with Gasteiger partial charge in [0.2, 0.25) is 0 Å². The fourth-order valence-electron chi connectivity index (χ4n) is 2.54. The van der Waals surface area contributed by atoms with Crippen LogP contribution in [0.15, 0.2) is 41.6 Å². The van der Waals surface area contributed by atoms with Crippen molar-refractivity contribution in [2.75, 3.05) is 0 Å². The van der Waals surface area contributed by atoms with Crippen LogP contribution < -0.4 is 0 Å². The van der Waals surface area contributed by atoms with Crippen molar-refractivity contribution >= 4 is 17.7 Å². The number of pyridine rings is 1. The van der Waals surface area contributed by atoms with Crippen LogP contribution in [0.5, 0.6) is 0 Å². The largest absolute Gasteiger partial charge is 0.478 e. The number of benzene rings is 1. The second-order valence-corrected chi connectivity index (χ2v) is 5.87. The molecule has 0 aliphatic heterocycles. The molecule has 3 rings (SSSR count). The summed E-state index contributed by atoms with van der Waals surface area (Å²) in [7, 11) is 0. The molecular weight excluding hydrogens is 270 g/mol. The van der Waals surface area contributed by atoms with Crippen molar-refractivity contribution in [1.82, 2.24) is 4.98 Å². The first-order chi connectivity index (χ1) is 9.74. The van der Waals surface area contributed by atoms with Gasteiger partial charge in [0, 0.05) is 11.9 Å². The highest BCUT2D eigenvalue weighted by Crippen LogP contribution is 2.28. The third-order valence-corrected chi connectivity index (χ3v) is 4.62. The lowest BCUT2D eigenvalue weighted by Crippen LogP contribution is -2.00. The van der Waals surface area contributed by atoms with Crippen LogP contribution in [0, 0.1) is 0 Å². The summed E-state index contributed by atoms with van der Waals surface area (Å²) < 4.78 is 0. The number of carbonyl (C=O) groups is 1. The number of aromatic nitrogens is 1. The van der Waals surface area contributed by atoms with Gasteiger partial charge in [0.1, 0.15) is 5.03 Å². The van der Waals surface area contributed by atoms with E-state index < -0.39 is 5.97 Å². The smallest absolute Gasteiger partial charge is 0.338 e. The Morgan fingerprint density at radius 3 is 2.95 bits per heavy atom. The first-order valence-corrected chi connectivity index (χ1v) is 7.64. The molecule has 1 aliphatic carbocycles. The van der Waals surface area contributed by atoms with Gasteiger partial charge >= 0.3 is 5.97 Å². The quantitative estimate of drug-likeness (QED) is 0.873. The van der Waals surface area contributed by atoms with Crippen LogP contribution >= 0.6 is 11.8 Å². The van der Waals surface area contributed by atoms with Gasteiger partial charge in [-0.05, 0) is 48.1 Å². The minimum atomic E-state index is -0.922. The number of aryl methyl sites for hydroxylation is 2. The summed E-state index contributed by atoms with van der Waals surface area (Å²) >= 11 is 1.48. The van der Waals surface area contributed by atoms with E-state index in [9.17, 15) is 4.79 Å². The van der Waals surface area contributed by atoms with Crippen LogP contribution in [0.4, 0.5) is 0 Å². The van der Waals surface area contributed by atoms with Crippen molar-refractivity contribution in [1.29, 1.82) is 0 Å². The second kappa shape index (κ2) is 5.67. The molecule has 0 atom stereocenters. The van der Waals surface area contributed by atoms with E-state index in [0.717, 1.165) is 12.2 Å². The first kappa shape index (κ1) is 13.2. The Morgan fingerprint density at radius 2 is 2.10 bits per heavy atom. The monoisotopic (exact) mass is 285 g/mol. The van der Waals surface area contributed by atoms with Gasteiger partial charge in [0.25, 0.3) is 0 Å². The maximum absolute atomic E-state index is 11.1. The third kappa shape index (κ3) is 2.70. The van der Waals surface area contributed by atoms with Crippen molar-refractivity contribution in [3.8, 4) is 0 Å². The molecule has 102 valence electrons. The van der Waals surface area contributed by atoms with Gasteiger partial charge in [-0.3, -0.25) is 0 Å². The normalized spacial score (nSPS) is 13.2. The predicted octanol–water partition coefficient (Wildman–Crippen LogP) is 3.56. The van der Waals surface area contributed by atoms with Crippen LogP contribution in [0.3, 0.4) is 0 Å². The molecule has 1 aliphatic rings. The van der Waals surface area contributed by atoms with Crippen molar-refractivity contribution in [3.63, 3.8) is 0 Å². The lowest BCUT2D eigenvalue weighted by atomic mass is 10.1. The van der Waals surface area contributed by atoms with Gasteiger partial charge in [-0.1, -0.05) is 18.2 Å². The molecule has 0 amide bonds. The van der Waals surface area contributed by atoms with E-state index in [4.69, 9.17) is 5.11 Å². The number of hydrogen-bond acceptors (Lipinski definition) is 3. The maximum atomic E-state index is 11.1. The van der Waals surface area contributed by atoms with Gasteiger partial charge < -0.3 is 5.11 Å². The average Bonchev–Trinajstić information content (AvgIpc) is 2.92. The highest BCUT2D eigenvalue weighted by atomic mass is 32.2. The molecular formula is C16H15NO2S. The molecule has 0 unspecified atom stereocenters. The first-order valence-electron chi connectivity index (χ1n) is 6.66. The Bertz CT molecular complexity index is 655. The van der Waals surface area contributed by atoms with Crippen molar-refractivity contribution in [2.45, 2.75) is 30.0 Å². The standard InChI is InChI=1S/C16H15NO2S/c18-16(19)14-5-2-8-17-15(14)20-10-11-6-7-12-3-1-4-13(12)9-11/h2,5-9H,1,3-4,10H2,(H,18,19). The van der Waals surface area contributed by atoms with Crippen LogP contribution in [-0.4, -0.2) is 16.1 Å². The molecule has 1 aromatic carbocycles. The topological polar surface area (TPSA) is 50.2 Å². The molecule has 1 aromatic heterocycles. The lowest BCUT2D eigenvalue weighted by Gasteiger charge is -2.06. The van der Waals surface area contributed by atoms with E-state index in [-0.39, 0.29) is 5.56 Å². The second-order valence-electron chi connectivity index (χ2n) is 4.91. The molecule has 0 spiro atoms. The number of aromatic carboxylic acids is 1. The highest BCUT2D eigenvalue weighted by Gasteiger charge is 2.13. The lowest BCUT2D eigenvalue weighted by molar-refractivity contribution is 0.0692. The van der Waals surface area contributed by atoms with E-state index in [1.807, 2.05) is 0 Å². The van der Waals surface area contributed by atoms with Crippen molar-refractivity contribution < 1.29 is 9.90 Å². The van der Waals surface area contributed by atoms with Gasteiger partial charge in [-0.2, -0.15) is 0 Å². The Morgan fingerprint density at radius 1 is 1.25 bits per heavy atom. The zero-order chi connectivity index (χ0) is 13.9. The molecule has 2 aromatic rings. The summed E-state index contributed by atoms with van der Waals surface area (Å²) in [6.07, 6.45) is 5.23. The average molecular weight is 285 g/mol. The Hall–Kier alpha value is -1.81. The number of thioether (sulfide) groups is 1. The summed E-state index contributed by atoms with van der Waals surface area (Å²) in [4.78, 5) is 15.3. The number of rotatable bonds is 4. The van der Waals surface area contributed by atoms with E-state index in [0.29, 0.717) is 5.03 Å². The number of hydrogen-bond donors (Lipinski definition) is 1.